The Hall–Kier alpha value is -2.30. The number of hydrogen-bond acceptors (Lipinski definition) is 1. The second-order valence-corrected chi connectivity index (χ2v) is 5.03. The smallest absolute Gasteiger partial charge is 0.322 e. The third-order valence-corrected chi connectivity index (χ3v) is 3.44. The maximum Gasteiger partial charge on any atom is 0.416 e. The fourth-order valence-electron chi connectivity index (χ4n) is 2.17. The van der Waals surface area contributed by atoms with E-state index in [-0.39, 0.29) is 5.56 Å². The van der Waals surface area contributed by atoms with Crippen LogP contribution in [0.2, 0.25) is 0 Å². The number of benzene rings is 2. The highest BCUT2D eigenvalue weighted by Gasteiger charge is 2.30. The van der Waals surface area contributed by atoms with E-state index in [1.165, 1.54) is 12.1 Å². The van der Waals surface area contributed by atoms with Crippen LogP contribution in [-0.2, 0) is 12.6 Å². The number of rotatable bonds is 3. The van der Waals surface area contributed by atoms with Gasteiger partial charge in [-0.05, 0) is 54.8 Å². The third-order valence-electron chi connectivity index (χ3n) is 3.44. The van der Waals surface area contributed by atoms with E-state index in [0.717, 1.165) is 29.7 Å². The number of halogens is 3. The van der Waals surface area contributed by atoms with Crippen LogP contribution in [0.4, 0.5) is 18.9 Å². The SMILES string of the molecule is CCc1cc(NC(=O)c2cccc(C(F)(F)F)c2)ccc1C. The lowest BCUT2D eigenvalue weighted by Crippen LogP contribution is -2.14. The van der Waals surface area contributed by atoms with Gasteiger partial charge in [0.25, 0.3) is 5.91 Å². The molecule has 2 nitrogen and oxygen atoms in total. The zero-order chi connectivity index (χ0) is 16.3. The van der Waals surface area contributed by atoms with E-state index in [1.54, 1.807) is 6.07 Å². The zero-order valence-corrected chi connectivity index (χ0v) is 12.3. The molecule has 1 amide bonds. The van der Waals surface area contributed by atoms with E-state index in [0.29, 0.717) is 5.69 Å². The van der Waals surface area contributed by atoms with Crippen molar-refractivity contribution in [2.45, 2.75) is 26.4 Å². The first-order chi connectivity index (χ1) is 10.3. The molecule has 0 heterocycles. The van der Waals surface area contributed by atoms with Gasteiger partial charge in [0.15, 0.2) is 0 Å². The quantitative estimate of drug-likeness (QED) is 0.864. The lowest BCUT2D eigenvalue weighted by Gasteiger charge is -2.11. The predicted molar refractivity (Wildman–Crippen MR) is 80.0 cm³/mol. The van der Waals surface area contributed by atoms with E-state index in [9.17, 15) is 18.0 Å². The number of anilines is 1. The van der Waals surface area contributed by atoms with Gasteiger partial charge in [-0.1, -0.05) is 19.1 Å². The summed E-state index contributed by atoms with van der Waals surface area (Å²) in [6, 6.07) is 9.83. The molecule has 0 spiro atoms. The molecule has 2 aromatic rings. The van der Waals surface area contributed by atoms with Gasteiger partial charge in [0.05, 0.1) is 5.56 Å². The topological polar surface area (TPSA) is 29.1 Å². The van der Waals surface area contributed by atoms with Crippen molar-refractivity contribution in [2.75, 3.05) is 5.32 Å². The Kier molecular flexibility index (Phi) is 4.54. The Labute approximate surface area is 127 Å². The largest absolute Gasteiger partial charge is 0.416 e. The highest BCUT2D eigenvalue weighted by molar-refractivity contribution is 6.04. The van der Waals surface area contributed by atoms with Crippen molar-refractivity contribution in [3.8, 4) is 0 Å². The van der Waals surface area contributed by atoms with Crippen LogP contribution in [0.3, 0.4) is 0 Å². The fraction of sp³-hybridized carbons (Fsp3) is 0.235. The van der Waals surface area contributed by atoms with Crippen molar-refractivity contribution in [2.24, 2.45) is 0 Å². The van der Waals surface area contributed by atoms with Crippen molar-refractivity contribution in [3.63, 3.8) is 0 Å². The number of aryl methyl sites for hydroxylation is 2. The first kappa shape index (κ1) is 16.1. The number of alkyl halides is 3. The monoisotopic (exact) mass is 307 g/mol. The van der Waals surface area contributed by atoms with Gasteiger partial charge < -0.3 is 5.32 Å². The van der Waals surface area contributed by atoms with Gasteiger partial charge in [-0.25, -0.2) is 0 Å². The van der Waals surface area contributed by atoms with Gasteiger partial charge in [0.2, 0.25) is 0 Å². The van der Waals surface area contributed by atoms with Crippen LogP contribution >= 0.6 is 0 Å². The van der Waals surface area contributed by atoms with E-state index >= 15 is 0 Å². The normalized spacial score (nSPS) is 11.3. The number of amides is 1. The van der Waals surface area contributed by atoms with Gasteiger partial charge in [-0.2, -0.15) is 13.2 Å². The average Bonchev–Trinajstić information content (AvgIpc) is 2.48. The molecule has 5 heteroatoms. The van der Waals surface area contributed by atoms with E-state index in [2.05, 4.69) is 5.32 Å². The molecular weight excluding hydrogens is 291 g/mol. The van der Waals surface area contributed by atoms with Crippen LogP contribution in [0.1, 0.15) is 34.0 Å². The lowest BCUT2D eigenvalue weighted by atomic mass is 10.1. The Balaban J connectivity index is 2.23. The zero-order valence-electron chi connectivity index (χ0n) is 12.3. The van der Waals surface area contributed by atoms with Crippen LogP contribution in [0.5, 0.6) is 0 Å². The molecule has 0 bridgehead atoms. The van der Waals surface area contributed by atoms with Gasteiger partial charge in [-0.15, -0.1) is 0 Å². The minimum Gasteiger partial charge on any atom is -0.322 e. The molecule has 22 heavy (non-hydrogen) atoms. The highest BCUT2D eigenvalue weighted by atomic mass is 19.4. The lowest BCUT2D eigenvalue weighted by molar-refractivity contribution is -0.137. The minimum absolute atomic E-state index is 0.0200. The van der Waals surface area contributed by atoms with Gasteiger partial charge >= 0.3 is 6.18 Å². The molecule has 0 aliphatic heterocycles. The average molecular weight is 307 g/mol. The number of nitrogens with one attached hydrogen (secondary N) is 1. The van der Waals surface area contributed by atoms with Gasteiger partial charge in [-0.3, -0.25) is 4.79 Å². The highest BCUT2D eigenvalue weighted by Crippen LogP contribution is 2.29. The van der Waals surface area contributed by atoms with Crippen molar-refractivity contribution in [1.29, 1.82) is 0 Å². The van der Waals surface area contributed by atoms with Gasteiger partial charge in [0.1, 0.15) is 0 Å². The fourth-order valence-corrected chi connectivity index (χ4v) is 2.17. The maximum atomic E-state index is 12.7. The summed E-state index contributed by atoms with van der Waals surface area (Å²) in [5.41, 5.74) is 1.91. The Morgan fingerprint density at radius 3 is 2.50 bits per heavy atom. The first-order valence-electron chi connectivity index (χ1n) is 6.89. The summed E-state index contributed by atoms with van der Waals surface area (Å²) in [4.78, 5) is 12.1. The van der Waals surface area contributed by atoms with Crippen LogP contribution in [-0.4, -0.2) is 5.91 Å². The summed E-state index contributed by atoms with van der Waals surface area (Å²) in [6.07, 6.45) is -3.64. The molecule has 0 aromatic heterocycles. The summed E-state index contributed by atoms with van der Waals surface area (Å²) in [5, 5.41) is 2.63. The predicted octanol–water partition coefficient (Wildman–Crippen LogP) is 4.83. The van der Waals surface area contributed by atoms with Crippen molar-refractivity contribution >= 4 is 11.6 Å². The number of carbonyl (C=O) groups is 1. The summed E-state index contributed by atoms with van der Waals surface area (Å²) >= 11 is 0. The van der Waals surface area contributed by atoms with Crippen LogP contribution in [0.25, 0.3) is 0 Å². The first-order valence-corrected chi connectivity index (χ1v) is 6.89. The number of carbonyl (C=O) groups excluding carboxylic acids is 1. The Morgan fingerprint density at radius 1 is 1.14 bits per heavy atom. The molecule has 116 valence electrons. The molecule has 0 saturated heterocycles. The molecule has 0 unspecified atom stereocenters. The van der Waals surface area contributed by atoms with E-state index in [4.69, 9.17) is 0 Å². The molecule has 0 atom stereocenters. The molecule has 2 aromatic carbocycles. The summed E-state index contributed by atoms with van der Waals surface area (Å²) in [6.45, 7) is 3.97. The van der Waals surface area contributed by atoms with Crippen molar-refractivity contribution < 1.29 is 18.0 Å². The van der Waals surface area contributed by atoms with Crippen LogP contribution < -0.4 is 5.32 Å². The van der Waals surface area contributed by atoms with E-state index < -0.39 is 17.6 Å². The summed E-state index contributed by atoms with van der Waals surface area (Å²) in [7, 11) is 0. The molecule has 0 aliphatic carbocycles. The molecule has 0 radical (unpaired) electrons. The number of hydrogen-bond donors (Lipinski definition) is 1. The maximum absolute atomic E-state index is 12.7. The minimum atomic E-state index is -4.46. The molecule has 0 fully saturated rings. The standard InChI is InChI=1S/C17H16F3NO/c1-3-12-10-15(8-7-11(12)2)21-16(22)13-5-4-6-14(9-13)17(18,19)20/h4-10H,3H2,1-2H3,(H,21,22). The molecule has 2 rings (SSSR count). The van der Waals surface area contributed by atoms with Crippen LogP contribution in [0.15, 0.2) is 42.5 Å². The van der Waals surface area contributed by atoms with Gasteiger partial charge in [0, 0.05) is 11.3 Å². The van der Waals surface area contributed by atoms with Crippen molar-refractivity contribution in [3.05, 3.63) is 64.7 Å². The third kappa shape index (κ3) is 3.67. The molecule has 0 aliphatic rings. The molecular formula is C17H16F3NO. The summed E-state index contributed by atoms with van der Waals surface area (Å²) in [5.74, 6) is -0.558. The second kappa shape index (κ2) is 6.22. The summed E-state index contributed by atoms with van der Waals surface area (Å²) < 4.78 is 38.0. The molecule has 1 N–H and O–H groups in total. The second-order valence-electron chi connectivity index (χ2n) is 5.03. The van der Waals surface area contributed by atoms with Crippen molar-refractivity contribution in [1.82, 2.24) is 0 Å². The Morgan fingerprint density at radius 2 is 1.86 bits per heavy atom. The van der Waals surface area contributed by atoms with E-state index in [1.807, 2.05) is 26.0 Å². The van der Waals surface area contributed by atoms with Crippen LogP contribution in [0, 0.1) is 6.92 Å². The Bertz CT molecular complexity index is 693. The molecule has 0 saturated carbocycles.